The van der Waals surface area contributed by atoms with Gasteiger partial charge >= 0.3 is 12.3 Å². The number of hydrogen-bond acceptors (Lipinski definition) is 5. The molecule has 0 aliphatic rings. The molecule has 0 rings (SSSR count). The average Bonchev–Trinajstić information content (AvgIpc) is 1.58. The molecule has 0 aromatic carbocycles. The van der Waals surface area contributed by atoms with Gasteiger partial charge in [0.05, 0.1) is 7.05 Å². The summed E-state index contributed by atoms with van der Waals surface area (Å²) in [6, 6.07) is 0. The van der Waals surface area contributed by atoms with Crippen molar-refractivity contribution >= 4 is 12.3 Å². The van der Waals surface area contributed by atoms with Crippen molar-refractivity contribution in [3.63, 3.8) is 0 Å². The van der Waals surface area contributed by atoms with E-state index >= 15 is 0 Å². The van der Waals surface area contributed by atoms with Crippen LogP contribution < -0.4 is 0 Å². The van der Waals surface area contributed by atoms with E-state index in [1.165, 1.54) is 0 Å². The van der Waals surface area contributed by atoms with Gasteiger partial charge in [0.1, 0.15) is 0 Å². The van der Waals surface area contributed by atoms with Crippen molar-refractivity contribution in [2.45, 2.75) is 0 Å². The van der Waals surface area contributed by atoms with E-state index in [0.29, 0.717) is 0 Å². The Bertz CT molecular complexity index is 128. The van der Waals surface area contributed by atoms with Crippen LogP contribution in [0.4, 0.5) is 9.59 Å². The van der Waals surface area contributed by atoms with Gasteiger partial charge in [0.15, 0.2) is 0 Å². The highest BCUT2D eigenvalue weighted by atomic mass is 17.0. The van der Waals surface area contributed by atoms with Gasteiger partial charge in [-0.3, -0.25) is 9.68 Å². The maximum Gasteiger partial charge on any atom is 0.528 e. The zero-order chi connectivity index (χ0) is 8.15. The molecule has 0 saturated carbocycles. The minimum Gasteiger partial charge on any atom is -0.448 e. The third kappa shape index (κ3) is 4.65. The number of rotatable bonds is 2. The lowest BCUT2D eigenvalue weighted by molar-refractivity contribution is -0.293. The molecular weight excluding hydrogens is 146 g/mol. The second-order valence-corrected chi connectivity index (χ2v) is 1.15. The van der Waals surface area contributed by atoms with Gasteiger partial charge in [-0.25, -0.2) is 9.59 Å². The van der Waals surface area contributed by atoms with Gasteiger partial charge in [0.25, 0.3) is 0 Å². The Morgan fingerprint density at radius 3 is 1.70 bits per heavy atom. The van der Waals surface area contributed by atoms with Crippen molar-refractivity contribution in [2.75, 3.05) is 7.05 Å². The summed E-state index contributed by atoms with van der Waals surface area (Å²) in [5.41, 5.74) is 0. The number of hydroxylamine groups is 2. The second-order valence-electron chi connectivity index (χ2n) is 1.15. The van der Waals surface area contributed by atoms with Crippen molar-refractivity contribution in [1.82, 2.24) is 5.23 Å². The fourth-order valence-corrected chi connectivity index (χ4v) is 0.239. The molecular formula is C3H5NO6. The summed E-state index contributed by atoms with van der Waals surface area (Å²) in [6.45, 7) is 0. The van der Waals surface area contributed by atoms with Crippen LogP contribution in [0.3, 0.4) is 0 Å². The van der Waals surface area contributed by atoms with Crippen LogP contribution in [0.1, 0.15) is 0 Å². The molecule has 0 aromatic rings. The molecule has 0 aliphatic carbocycles. The molecule has 0 fully saturated rings. The Morgan fingerprint density at radius 2 is 1.50 bits per heavy atom. The van der Waals surface area contributed by atoms with E-state index in [-0.39, 0.29) is 5.23 Å². The summed E-state index contributed by atoms with van der Waals surface area (Å²) in [7, 11) is 0.988. The van der Waals surface area contributed by atoms with Crippen LogP contribution >= 0.6 is 0 Å². The van der Waals surface area contributed by atoms with Crippen molar-refractivity contribution in [3.8, 4) is 0 Å². The lowest BCUT2D eigenvalue weighted by atomic mass is 11.3. The fraction of sp³-hybridized carbons (Fsp3) is 0.333. The predicted molar refractivity (Wildman–Crippen MR) is 26.0 cm³/mol. The van der Waals surface area contributed by atoms with E-state index in [4.69, 9.17) is 10.2 Å². The maximum atomic E-state index is 9.65. The highest BCUT2D eigenvalue weighted by Crippen LogP contribution is 1.87. The molecule has 10 heavy (non-hydrogen) atoms. The number of carbonyl (C=O) groups is 2. The molecule has 0 radical (unpaired) electrons. The van der Waals surface area contributed by atoms with Crippen molar-refractivity contribution < 1.29 is 29.5 Å². The molecule has 0 unspecified atom stereocenters. The van der Waals surface area contributed by atoms with E-state index < -0.39 is 12.3 Å². The van der Waals surface area contributed by atoms with Crippen LogP contribution in [0, 0.1) is 0 Å². The first-order valence-electron chi connectivity index (χ1n) is 2.08. The summed E-state index contributed by atoms with van der Waals surface area (Å²) < 4.78 is 0. The molecule has 2 N–H and O–H groups in total. The van der Waals surface area contributed by atoms with E-state index in [1.54, 1.807) is 0 Å². The molecule has 0 amide bonds. The zero-order valence-electron chi connectivity index (χ0n) is 4.97. The quantitative estimate of drug-likeness (QED) is 0.541. The molecule has 0 bridgehead atoms. The summed E-state index contributed by atoms with van der Waals surface area (Å²) in [5.74, 6) is 0. The highest BCUT2D eigenvalue weighted by Gasteiger charge is 2.08. The Morgan fingerprint density at radius 1 is 1.20 bits per heavy atom. The average molecular weight is 151 g/mol. The third-order valence-electron chi connectivity index (χ3n) is 0.413. The molecule has 0 aromatic heterocycles. The summed E-state index contributed by atoms with van der Waals surface area (Å²) in [4.78, 5) is 26.7. The Kier molecular flexibility index (Phi) is 2.98. The third-order valence-corrected chi connectivity index (χ3v) is 0.413. The minimum atomic E-state index is -1.65. The zero-order valence-corrected chi connectivity index (χ0v) is 4.97. The lowest BCUT2D eigenvalue weighted by Gasteiger charge is -2.08. The summed E-state index contributed by atoms with van der Waals surface area (Å²) in [6.07, 6.45) is -3.30. The second kappa shape index (κ2) is 3.51. The molecule has 0 atom stereocenters. The van der Waals surface area contributed by atoms with E-state index in [0.717, 1.165) is 7.05 Å². The number of nitrogens with zero attached hydrogens (tertiary/aromatic N) is 1. The van der Waals surface area contributed by atoms with Gasteiger partial charge in [-0.1, -0.05) is 0 Å². The van der Waals surface area contributed by atoms with E-state index in [2.05, 4.69) is 9.68 Å². The van der Waals surface area contributed by atoms with Crippen molar-refractivity contribution in [3.05, 3.63) is 0 Å². The van der Waals surface area contributed by atoms with Crippen LogP contribution in [0.2, 0.25) is 0 Å². The first kappa shape index (κ1) is 8.50. The van der Waals surface area contributed by atoms with Gasteiger partial charge in [0.2, 0.25) is 0 Å². The number of carboxylic acid groups (broad SMARTS) is 2. The summed E-state index contributed by atoms with van der Waals surface area (Å²) >= 11 is 0. The van der Waals surface area contributed by atoms with Gasteiger partial charge in [-0.2, -0.15) is 0 Å². The van der Waals surface area contributed by atoms with Crippen LogP contribution in [-0.2, 0) is 9.68 Å². The van der Waals surface area contributed by atoms with E-state index in [9.17, 15) is 9.59 Å². The van der Waals surface area contributed by atoms with Gasteiger partial charge in [0, 0.05) is 5.23 Å². The highest BCUT2D eigenvalue weighted by molar-refractivity contribution is 5.57. The van der Waals surface area contributed by atoms with Crippen LogP contribution in [0.5, 0.6) is 0 Å². The molecule has 0 saturated heterocycles. The largest absolute Gasteiger partial charge is 0.528 e. The first-order chi connectivity index (χ1) is 4.52. The number of hydrogen-bond donors (Lipinski definition) is 2. The Balaban J connectivity index is 3.53. The summed E-state index contributed by atoms with van der Waals surface area (Å²) in [5, 5.41) is 15.9. The molecule has 0 spiro atoms. The van der Waals surface area contributed by atoms with Gasteiger partial charge in [-0.05, 0) is 0 Å². The monoisotopic (exact) mass is 151 g/mol. The van der Waals surface area contributed by atoms with Crippen molar-refractivity contribution in [1.29, 1.82) is 0 Å². The Labute approximate surface area is 55.3 Å². The van der Waals surface area contributed by atoms with Crippen LogP contribution in [-0.4, -0.2) is 34.8 Å². The van der Waals surface area contributed by atoms with E-state index in [1.807, 2.05) is 0 Å². The lowest BCUT2D eigenvalue weighted by Crippen LogP contribution is -2.24. The molecule has 0 heterocycles. The molecule has 0 aliphatic heterocycles. The fourth-order valence-electron chi connectivity index (χ4n) is 0.239. The topological polar surface area (TPSA) is 96.3 Å². The Hall–Kier alpha value is -1.50. The molecule has 58 valence electrons. The smallest absolute Gasteiger partial charge is 0.448 e. The molecule has 7 nitrogen and oxygen atoms in total. The van der Waals surface area contributed by atoms with Gasteiger partial charge in [-0.15, -0.1) is 0 Å². The SMILES string of the molecule is CN(OC(=O)O)OC(=O)O. The molecule has 7 heteroatoms. The standard InChI is InChI=1S/C3H5NO6/c1-4(9-2(5)6)10-3(7)8/h1H3,(H,5,6)(H,7,8). The maximum absolute atomic E-state index is 9.65. The van der Waals surface area contributed by atoms with Gasteiger partial charge < -0.3 is 10.2 Å². The van der Waals surface area contributed by atoms with Crippen molar-refractivity contribution in [2.24, 2.45) is 0 Å². The first-order valence-corrected chi connectivity index (χ1v) is 2.08. The normalized spacial score (nSPS) is 9.00. The van der Waals surface area contributed by atoms with Crippen LogP contribution in [0.25, 0.3) is 0 Å². The predicted octanol–water partition coefficient (Wildman–Crippen LogP) is 0.137. The minimum absolute atomic E-state index is 0.199. The van der Waals surface area contributed by atoms with Crippen LogP contribution in [0.15, 0.2) is 0 Å².